The van der Waals surface area contributed by atoms with Gasteiger partial charge < -0.3 is 19.6 Å². The fraction of sp³-hybridized carbons (Fsp3) is 0.296. The van der Waals surface area contributed by atoms with Crippen LogP contribution in [0.1, 0.15) is 25.3 Å². The van der Waals surface area contributed by atoms with E-state index in [9.17, 15) is 9.59 Å². The highest BCUT2D eigenvalue weighted by Crippen LogP contribution is 2.37. The molecule has 0 bridgehead atoms. The summed E-state index contributed by atoms with van der Waals surface area (Å²) in [5.41, 5.74) is 2.85. The zero-order valence-corrected chi connectivity index (χ0v) is 20.9. The molecule has 1 aliphatic heterocycles. The molecule has 5 rings (SSSR count). The highest BCUT2D eigenvalue weighted by Gasteiger charge is 2.17. The van der Waals surface area contributed by atoms with Gasteiger partial charge in [0.05, 0.1) is 12.2 Å². The number of nitrogens with one attached hydrogen (secondary N) is 2. The zero-order valence-electron chi connectivity index (χ0n) is 20.9. The van der Waals surface area contributed by atoms with Crippen LogP contribution in [0.3, 0.4) is 0 Å². The summed E-state index contributed by atoms with van der Waals surface area (Å²) in [6.45, 7) is 5.82. The number of carbonyl (C=O) groups is 1. The number of hydrogen-bond donors (Lipinski definition) is 3. The van der Waals surface area contributed by atoms with Gasteiger partial charge in [0.25, 0.3) is 5.56 Å². The quantitative estimate of drug-likeness (QED) is 0.270. The van der Waals surface area contributed by atoms with Gasteiger partial charge >= 0.3 is 5.97 Å². The van der Waals surface area contributed by atoms with Gasteiger partial charge in [-0.25, -0.2) is 9.78 Å². The van der Waals surface area contributed by atoms with Crippen molar-refractivity contribution in [1.82, 2.24) is 30.3 Å². The molecule has 1 aliphatic rings. The predicted octanol–water partition coefficient (Wildman–Crippen LogP) is 3.35. The molecular weight excluding hydrogens is 488 g/mol. The van der Waals surface area contributed by atoms with Crippen molar-refractivity contribution in [2.45, 2.75) is 19.8 Å². The second kappa shape index (κ2) is 11.3. The molecule has 4 aromatic rings. The second-order valence-corrected chi connectivity index (χ2v) is 8.88. The van der Waals surface area contributed by atoms with Crippen molar-refractivity contribution in [3.05, 3.63) is 58.4 Å². The number of aliphatic carboxylic acids is 1. The number of rotatable bonds is 10. The molecule has 0 unspecified atom stereocenters. The lowest BCUT2D eigenvalue weighted by atomic mass is 9.99. The minimum atomic E-state index is -1.02. The second-order valence-electron chi connectivity index (χ2n) is 8.88. The third-order valence-corrected chi connectivity index (χ3v) is 6.33. The van der Waals surface area contributed by atoms with Crippen LogP contribution >= 0.6 is 0 Å². The molecule has 11 heteroatoms. The molecule has 3 N–H and O–H groups in total. The van der Waals surface area contributed by atoms with E-state index in [1.54, 1.807) is 6.08 Å². The lowest BCUT2D eigenvalue weighted by Crippen LogP contribution is -2.25. The Morgan fingerprint density at radius 1 is 1.08 bits per heavy atom. The minimum absolute atomic E-state index is 0.130. The number of fused-ring (bicyclic) bond motifs is 1. The van der Waals surface area contributed by atoms with Crippen molar-refractivity contribution < 1.29 is 19.4 Å². The van der Waals surface area contributed by atoms with E-state index in [-0.39, 0.29) is 11.2 Å². The maximum atomic E-state index is 12.5. The van der Waals surface area contributed by atoms with Crippen molar-refractivity contribution in [2.24, 2.45) is 0 Å². The largest absolute Gasteiger partial charge is 0.493 e. The summed E-state index contributed by atoms with van der Waals surface area (Å²) in [5, 5.41) is 19.3. The lowest BCUT2D eigenvalue weighted by Gasteiger charge is -2.18. The van der Waals surface area contributed by atoms with Gasteiger partial charge in [-0.15, -0.1) is 10.2 Å². The highest BCUT2D eigenvalue weighted by molar-refractivity contribution is 5.86. The summed E-state index contributed by atoms with van der Waals surface area (Å²) in [6, 6.07) is 11.1. The first-order chi connectivity index (χ1) is 18.5. The minimum Gasteiger partial charge on any atom is -0.493 e. The normalized spacial score (nSPS) is 13.9. The van der Waals surface area contributed by atoms with Crippen molar-refractivity contribution in [3.63, 3.8) is 0 Å². The lowest BCUT2D eigenvalue weighted by molar-refractivity contribution is -0.131. The van der Waals surface area contributed by atoms with E-state index in [0.29, 0.717) is 36.1 Å². The number of H-pyrrole nitrogens is 2. The van der Waals surface area contributed by atoms with Gasteiger partial charge in [-0.05, 0) is 74.3 Å². The molecule has 0 radical (unpaired) electrons. The van der Waals surface area contributed by atoms with Gasteiger partial charge in [-0.1, -0.05) is 12.1 Å². The van der Waals surface area contributed by atoms with Crippen LogP contribution in [0.5, 0.6) is 11.5 Å². The third kappa shape index (κ3) is 5.57. The van der Waals surface area contributed by atoms with Gasteiger partial charge in [-0.3, -0.25) is 9.69 Å². The van der Waals surface area contributed by atoms with E-state index in [0.717, 1.165) is 42.4 Å². The third-order valence-electron chi connectivity index (χ3n) is 6.33. The Balaban J connectivity index is 1.52. The number of carboxylic acids is 1. The number of nitrogens with zero attached hydrogens (tertiary/aromatic N) is 4. The molecule has 0 aliphatic carbocycles. The topological polar surface area (TPSA) is 146 Å². The number of hydrogen-bond acceptors (Lipinski definition) is 8. The van der Waals surface area contributed by atoms with E-state index in [1.165, 1.54) is 12.8 Å². The molecule has 1 saturated heterocycles. The number of likely N-dealkylation sites (tertiary alicyclic amines) is 1. The molecule has 2 aromatic heterocycles. The summed E-state index contributed by atoms with van der Waals surface area (Å²) >= 11 is 0. The van der Waals surface area contributed by atoms with Crippen molar-refractivity contribution in [1.29, 1.82) is 0 Å². The van der Waals surface area contributed by atoms with Gasteiger partial charge in [0.15, 0.2) is 5.52 Å². The van der Waals surface area contributed by atoms with Gasteiger partial charge in [0, 0.05) is 18.2 Å². The molecular formula is C27H28N6O5. The average molecular weight is 517 g/mol. The maximum absolute atomic E-state index is 12.5. The molecule has 0 spiro atoms. The summed E-state index contributed by atoms with van der Waals surface area (Å²) < 4.78 is 12.1. The van der Waals surface area contributed by atoms with Crippen molar-refractivity contribution in [3.8, 4) is 34.0 Å². The zero-order chi connectivity index (χ0) is 26.5. The SMILES string of the molecule is CCOc1cc(-c2cc(C=CC(=O)O)ccc2OCCN2CCCC2)ccc1-c1nc2n[nH]nc2c(=O)[nH]1. The Morgan fingerprint density at radius 3 is 2.71 bits per heavy atom. The molecule has 11 nitrogen and oxygen atoms in total. The molecule has 0 saturated carbocycles. The number of ether oxygens (including phenoxy) is 2. The number of aromatic amines is 2. The van der Waals surface area contributed by atoms with Crippen LogP contribution in [0.25, 0.3) is 39.8 Å². The smallest absolute Gasteiger partial charge is 0.328 e. The van der Waals surface area contributed by atoms with Gasteiger partial charge in [-0.2, -0.15) is 5.21 Å². The van der Waals surface area contributed by atoms with Crippen LogP contribution in [-0.4, -0.2) is 74.2 Å². The van der Waals surface area contributed by atoms with Crippen LogP contribution < -0.4 is 15.0 Å². The Morgan fingerprint density at radius 2 is 1.92 bits per heavy atom. The van der Waals surface area contributed by atoms with E-state index in [1.807, 2.05) is 43.3 Å². The van der Waals surface area contributed by atoms with Crippen LogP contribution in [-0.2, 0) is 4.79 Å². The first-order valence-electron chi connectivity index (χ1n) is 12.5. The van der Waals surface area contributed by atoms with Crippen LogP contribution in [0.4, 0.5) is 0 Å². The Kier molecular flexibility index (Phi) is 7.45. The predicted molar refractivity (Wildman–Crippen MR) is 142 cm³/mol. The molecule has 1 fully saturated rings. The average Bonchev–Trinajstić information content (AvgIpc) is 3.61. The molecule has 196 valence electrons. The number of aromatic nitrogens is 5. The summed E-state index contributed by atoms with van der Waals surface area (Å²) in [4.78, 5) is 33.1. The molecule has 3 heterocycles. The van der Waals surface area contributed by atoms with Crippen LogP contribution in [0, 0.1) is 0 Å². The Hall–Kier alpha value is -4.51. The van der Waals surface area contributed by atoms with Crippen LogP contribution in [0.2, 0.25) is 0 Å². The van der Waals surface area contributed by atoms with E-state index in [4.69, 9.17) is 14.6 Å². The monoisotopic (exact) mass is 516 g/mol. The number of benzene rings is 2. The summed E-state index contributed by atoms with van der Waals surface area (Å²) in [7, 11) is 0. The Labute approximate surface area is 218 Å². The summed E-state index contributed by atoms with van der Waals surface area (Å²) in [5.74, 6) is 0.491. The molecule has 0 amide bonds. The maximum Gasteiger partial charge on any atom is 0.328 e. The molecule has 38 heavy (non-hydrogen) atoms. The molecule has 0 atom stereocenters. The van der Waals surface area contributed by atoms with Crippen LogP contribution in [0.15, 0.2) is 47.3 Å². The highest BCUT2D eigenvalue weighted by atomic mass is 16.5. The standard InChI is InChI=1S/C27H28N6O5/c1-2-37-22-16-18(7-8-19(22)25-28-26-24(27(36)29-25)30-32-31-26)20-15-17(6-10-23(34)35)5-9-21(20)38-14-13-33-11-3-4-12-33/h5-10,15-16H,2-4,11-14H2,1H3,(H,34,35)(H2,28,29,30,31,32,36). The number of carboxylic acid groups (broad SMARTS) is 1. The first kappa shape index (κ1) is 25.2. The van der Waals surface area contributed by atoms with E-state index < -0.39 is 11.5 Å². The van der Waals surface area contributed by atoms with Gasteiger partial charge in [0.1, 0.15) is 23.9 Å². The summed E-state index contributed by atoms with van der Waals surface area (Å²) in [6.07, 6.45) is 5.07. The van der Waals surface area contributed by atoms with E-state index in [2.05, 4.69) is 30.3 Å². The first-order valence-corrected chi connectivity index (χ1v) is 12.5. The van der Waals surface area contributed by atoms with Crippen molar-refractivity contribution in [2.75, 3.05) is 32.8 Å². The fourth-order valence-corrected chi connectivity index (χ4v) is 4.51. The fourth-order valence-electron chi connectivity index (χ4n) is 4.51. The van der Waals surface area contributed by atoms with E-state index >= 15 is 0 Å². The van der Waals surface area contributed by atoms with Crippen molar-refractivity contribution >= 4 is 23.2 Å². The van der Waals surface area contributed by atoms with Gasteiger partial charge in [0.2, 0.25) is 5.65 Å². The Bertz CT molecular complexity index is 1540. The molecule has 2 aromatic carbocycles.